The summed E-state index contributed by atoms with van der Waals surface area (Å²) in [6, 6.07) is 12.4. The van der Waals surface area contributed by atoms with Crippen LogP contribution in [0.2, 0.25) is 0 Å². The highest BCUT2D eigenvalue weighted by atomic mass is 19.4. The Kier molecular flexibility index (Phi) is 5.16. The quantitative estimate of drug-likeness (QED) is 0.636. The van der Waals surface area contributed by atoms with Crippen molar-refractivity contribution in [1.82, 2.24) is 25.5 Å². The number of halogens is 3. The number of hydrazine groups is 1. The van der Waals surface area contributed by atoms with Gasteiger partial charge in [-0.2, -0.15) is 18.2 Å². The maximum Gasteiger partial charge on any atom is 0.416 e. The van der Waals surface area contributed by atoms with Gasteiger partial charge in [0.2, 0.25) is 11.7 Å². The van der Waals surface area contributed by atoms with Crippen molar-refractivity contribution in [2.75, 3.05) is 0 Å². The van der Waals surface area contributed by atoms with Crippen molar-refractivity contribution in [2.24, 2.45) is 0 Å². The smallest absolute Gasteiger partial charge is 0.337 e. The summed E-state index contributed by atoms with van der Waals surface area (Å²) in [5, 5.41) is 5.59. The summed E-state index contributed by atoms with van der Waals surface area (Å²) < 4.78 is 44.2. The molecule has 0 saturated carbocycles. The molecule has 170 valence electrons. The number of nitrogens with one attached hydrogen (secondary N) is 1. The predicted molar refractivity (Wildman–Crippen MR) is 112 cm³/mol. The van der Waals surface area contributed by atoms with Gasteiger partial charge in [0.1, 0.15) is 12.6 Å². The Balaban J connectivity index is 1.29. The Hall–Kier alpha value is -3.66. The monoisotopic (exact) mass is 455 g/mol. The average molecular weight is 455 g/mol. The number of fused-ring (bicyclic) bond motifs is 1. The van der Waals surface area contributed by atoms with E-state index >= 15 is 0 Å². The molecule has 33 heavy (non-hydrogen) atoms. The van der Waals surface area contributed by atoms with Crippen LogP contribution in [-0.4, -0.2) is 32.0 Å². The number of carbonyl (C=O) groups is 1. The third-order valence-electron chi connectivity index (χ3n) is 5.86. The second-order valence-corrected chi connectivity index (χ2v) is 8.05. The molecule has 2 aromatic carbocycles. The summed E-state index contributed by atoms with van der Waals surface area (Å²) in [5.74, 6) is 0.0449. The molecule has 5 rings (SSSR count). The van der Waals surface area contributed by atoms with Crippen molar-refractivity contribution in [1.29, 1.82) is 0 Å². The largest absolute Gasteiger partial charge is 0.416 e. The Bertz CT molecular complexity index is 1220. The Morgan fingerprint density at radius 3 is 2.76 bits per heavy atom. The van der Waals surface area contributed by atoms with Gasteiger partial charge in [-0.15, -0.1) is 0 Å². The van der Waals surface area contributed by atoms with Gasteiger partial charge in [-0.1, -0.05) is 41.6 Å². The second-order valence-electron chi connectivity index (χ2n) is 8.05. The van der Waals surface area contributed by atoms with Crippen LogP contribution in [0.5, 0.6) is 0 Å². The molecule has 1 N–H and O–H groups in total. The zero-order valence-electron chi connectivity index (χ0n) is 17.6. The molecule has 0 spiro atoms. The molecule has 2 atom stereocenters. The highest BCUT2D eigenvalue weighted by molar-refractivity contribution is 5.84. The van der Waals surface area contributed by atoms with E-state index in [0.29, 0.717) is 6.42 Å². The second kappa shape index (κ2) is 8.04. The van der Waals surface area contributed by atoms with Crippen LogP contribution in [0.25, 0.3) is 11.4 Å². The molecule has 2 aliphatic rings. The first-order chi connectivity index (χ1) is 15.8. The van der Waals surface area contributed by atoms with Crippen molar-refractivity contribution in [3.05, 3.63) is 83.5 Å². The molecule has 0 radical (unpaired) electrons. The zero-order valence-corrected chi connectivity index (χ0v) is 17.6. The topological polar surface area (TPSA) is 74.5 Å². The minimum atomic E-state index is -4.47. The summed E-state index contributed by atoms with van der Waals surface area (Å²) in [7, 11) is 0. The van der Waals surface area contributed by atoms with E-state index in [2.05, 4.69) is 15.6 Å². The van der Waals surface area contributed by atoms with Gasteiger partial charge in [-0.3, -0.25) is 4.79 Å². The van der Waals surface area contributed by atoms with Crippen LogP contribution in [0.3, 0.4) is 0 Å². The van der Waals surface area contributed by atoms with Crippen molar-refractivity contribution in [3.63, 3.8) is 0 Å². The highest BCUT2D eigenvalue weighted by Crippen LogP contribution is 2.33. The molecule has 1 aromatic heterocycles. The summed E-state index contributed by atoms with van der Waals surface area (Å²) in [5.41, 5.74) is 5.05. The van der Waals surface area contributed by atoms with Crippen LogP contribution in [-0.2, 0) is 17.5 Å². The highest BCUT2D eigenvalue weighted by Gasteiger charge is 2.40. The van der Waals surface area contributed by atoms with E-state index in [9.17, 15) is 18.0 Å². The SMILES string of the molecule is Cc1ccccc1C1CC2C(=O)N(Cc3nc(-c4cccc(C(F)(F)F)c4)no3)C=CN2N1. The Labute approximate surface area is 187 Å². The number of rotatable bonds is 4. The number of carbonyl (C=O) groups excluding carboxylic acids is 1. The van der Waals surface area contributed by atoms with E-state index in [-0.39, 0.29) is 41.8 Å². The third kappa shape index (κ3) is 4.09. The van der Waals surface area contributed by atoms with Gasteiger partial charge in [-0.05, 0) is 36.6 Å². The number of alkyl halides is 3. The first-order valence-electron chi connectivity index (χ1n) is 10.4. The van der Waals surface area contributed by atoms with Crippen LogP contribution in [0.15, 0.2) is 65.5 Å². The molecule has 2 unspecified atom stereocenters. The number of hydrogen-bond donors (Lipinski definition) is 1. The van der Waals surface area contributed by atoms with Crippen molar-refractivity contribution in [2.45, 2.75) is 38.1 Å². The maximum atomic E-state index is 13.1. The molecule has 7 nitrogen and oxygen atoms in total. The number of hydrogen-bond acceptors (Lipinski definition) is 6. The molecule has 1 amide bonds. The van der Waals surface area contributed by atoms with Gasteiger partial charge in [0.05, 0.1) is 11.6 Å². The number of nitrogens with zero attached hydrogens (tertiary/aromatic N) is 4. The third-order valence-corrected chi connectivity index (χ3v) is 5.86. The van der Waals surface area contributed by atoms with E-state index in [0.717, 1.165) is 23.3 Å². The molecule has 0 aliphatic carbocycles. The van der Waals surface area contributed by atoms with Crippen molar-refractivity contribution < 1.29 is 22.5 Å². The number of aryl methyl sites for hydroxylation is 1. The lowest BCUT2D eigenvalue weighted by molar-refractivity contribution is -0.137. The average Bonchev–Trinajstić information content (AvgIpc) is 3.43. The van der Waals surface area contributed by atoms with Gasteiger partial charge in [0, 0.05) is 18.0 Å². The van der Waals surface area contributed by atoms with E-state index in [4.69, 9.17) is 4.52 Å². The molecule has 2 aliphatic heterocycles. The fourth-order valence-electron chi connectivity index (χ4n) is 4.16. The standard InChI is InChI=1S/C23H20F3N5O2/c1-14-5-2-3-8-17(14)18-12-19-22(32)30(9-10-31(19)28-18)13-20-27-21(29-33-20)15-6-4-7-16(11-15)23(24,25)26/h2-11,18-19,28H,12-13H2,1H3. The van der Waals surface area contributed by atoms with Gasteiger partial charge in [0.15, 0.2) is 0 Å². The number of amides is 1. The first-order valence-corrected chi connectivity index (χ1v) is 10.4. The van der Waals surface area contributed by atoms with E-state index in [1.807, 2.05) is 31.2 Å². The van der Waals surface area contributed by atoms with Crippen LogP contribution in [0, 0.1) is 6.92 Å². The number of aromatic nitrogens is 2. The van der Waals surface area contributed by atoms with Crippen LogP contribution >= 0.6 is 0 Å². The van der Waals surface area contributed by atoms with Crippen LogP contribution < -0.4 is 5.43 Å². The van der Waals surface area contributed by atoms with Crippen LogP contribution in [0.1, 0.15) is 35.0 Å². The molecular formula is C23H20F3N5O2. The van der Waals surface area contributed by atoms with Gasteiger partial charge >= 0.3 is 6.18 Å². The summed E-state index contributed by atoms with van der Waals surface area (Å²) >= 11 is 0. The summed E-state index contributed by atoms with van der Waals surface area (Å²) in [4.78, 5) is 18.8. The molecule has 10 heteroatoms. The zero-order chi connectivity index (χ0) is 23.2. The van der Waals surface area contributed by atoms with E-state index < -0.39 is 11.7 Å². The Morgan fingerprint density at radius 1 is 1.15 bits per heavy atom. The fraction of sp³-hybridized carbons (Fsp3) is 0.261. The van der Waals surface area contributed by atoms with E-state index in [1.54, 1.807) is 17.4 Å². The van der Waals surface area contributed by atoms with E-state index in [1.165, 1.54) is 17.0 Å². The Morgan fingerprint density at radius 2 is 1.97 bits per heavy atom. The minimum absolute atomic E-state index is 0.0145. The maximum absolute atomic E-state index is 13.1. The van der Waals surface area contributed by atoms with Gasteiger partial charge in [0.25, 0.3) is 5.91 Å². The molecule has 1 saturated heterocycles. The molecular weight excluding hydrogens is 435 g/mol. The number of benzene rings is 2. The minimum Gasteiger partial charge on any atom is -0.337 e. The van der Waals surface area contributed by atoms with Gasteiger partial charge in [-0.25, -0.2) is 5.43 Å². The summed E-state index contributed by atoms with van der Waals surface area (Å²) in [6.45, 7) is 2.07. The molecule has 3 heterocycles. The van der Waals surface area contributed by atoms with Crippen molar-refractivity contribution in [3.8, 4) is 11.4 Å². The normalized spacial score (nSPS) is 20.4. The molecule has 3 aromatic rings. The lowest BCUT2D eigenvalue weighted by Crippen LogP contribution is -2.47. The van der Waals surface area contributed by atoms with Crippen LogP contribution in [0.4, 0.5) is 13.2 Å². The lowest BCUT2D eigenvalue weighted by atomic mass is 9.97. The summed E-state index contributed by atoms with van der Waals surface area (Å²) in [6.07, 6.45) is -0.455. The first kappa shape index (κ1) is 21.2. The van der Waals surface area contributed by atoms with Crippen molar-refractivity contribution >= 4 is 5.91 Å². The fourth-order valence-corrected chi connectivity index (χ4v) is 4.16. The lowest BCUT2D eigenvalue weighted by Gasteiger charge is -2.30. The van der Waals surface area contributed by atoms with Gasteiger partial charge < -0.3 is 14.4 Å². The molecule has 0 bridgehead atoms. The molecule has 1 fully saturated rings. The predicted octanol–water partition coefficient (Wildman–Crippen LogP) is 4.20.